The summed E-state index contributed by atoms with van der Waals surface area (Å²) in [6.07, 6.45) is 14.6. The van der Waals surface area contributed by atoms with E-state index in [9.17, 15) is 0 Å². The van der Waals surface area contributed by atoms with Crippen LogP contribution in [0.1, 0.15) is 13.8 Å². The third-order valence-corrected chi connectivity index (χ3v) is 13.5. The lowest BCUT2D eigenvalue weighted by Gasteiger charge is -2.18. The molecule has 0 bridgehead atoms. The molecular formula is C66H49N3. The molecule has 10 aromatic carbocycles. The van der Waals surface area contributed by atoms with Crippen LogP contribution in [0.25, 0.3) is 115 Å². The summed E-state index contributed by atoms with van der Waals surface area (Å²) in [5.41, 5.74) is 10.2. The van der Waals surface area contributed by atoms with Crippen molar-refractivity contribution >= 4 is 64.6 Å². The second kappa shape index (κ2) is 17.7. The smallest absolute Gasteiger partial charge is 0.0528 e. The molecule has 0 saturated heterocycles. The van der Waals surface area contributed by atoms with E-state index in [0.29, 0.717) is 0 Å². The van der Waals surface area contributed by atoms with Gasteiger partial charge >= 0.3 is 0 Å². The number of aromatic nitrogens is 3. The maximum Gasteiger partial charge on any atom is 0.0528 e. The molecule has 3 nitrogen and oxygen atoms in total. The minimum Gasteiger partial charge on any atom is -0.316 e. The van der Waals surface area contributed by atoms with E-state index in [0.717, 1.165) is 34.1 Å². The molecule has 13 aromatic rings. The summed E-state index contributed by atoms with van der Waals surface area (Å²) in [4.78, 5) is 0. The van der Waals surface area contributed by atoms with E-state index in [2.05, 4.69) is 251 Å². The maximum absolute atomic E-state index is 2.34. The fraction of sp³-hybridized carbons (Fsp3) is 0.0303. The zero-order chi connectivity index (χ0) is 46.3. The highest BCUT2D eigenvalue weighted by Crippen LogP contribution is 2.36. The Morgan fingerprint density at radius 1 is 0.246 bits per heavy atom. The Morgan fingerprint density at radius 3 is 0.783 bits per heavy atom. The van der Waals surface area contributed by atoms with Crippen LogP contribution in [0.4, 0.5) is 0 Å². The third kappa shape index (κ3) is 7.90. The van der Waals surface area contributed by atoms with Crippen LogP contribution in [0.3, 0.4) is 0 Å². The first-order chi connectivity index (χ1) is 34.1. The normalized spacial score (nSPS) is 11.8. The zero-order valence-electron chi connectivity index (χ0n) is 38.7. The standard InChI is InChI=1S/C60H39N3.C6H10/c1-4-13-43-31-52-34-49(22-19-46(52)28-40(43)10-1)58-16-7-25-61(58)55-37-56(62-26-8-17-59(62)50-23-20-47-29-41-11-2-5-14-44(41)32-53(47)35-50)39-57(38-55)63-27-9-18-60(63)51-24-21-48-30-42-12-3-6-15-45(42)33-54(48)36-51;1-3-5-6-4-2/h1-39H;3-6H,1-2H3/b;5-3-,6-4-. The molecule has 3 heterocycles. The lowest BCUT2D eigenvalue weighted by atomic mass is 10.0. The lowest BCUT2D eigenvalue weighted by Crippen LogP contribution is -2.04. The van der Waals surface area contributed by atoms with E-state index in [1.807, 2.05) is 38.2 Å². The molecule has 3 aromatic heterocycles. The molecular weight excluding hydrogens is 835 g/mol. The number of hydrogen-bond acceptors (Lipinski definition) is 0. The van der Waals surface area contributed by atoms with Gasteiger partial charge in [0.25, 0.3) is 0 Å². The summed E-state index contributed by atoms with van der Waals surface area (Å²) in [6.45, 7) is 4.00. The molecule has 0 aliphatic rings. The van der Waals surface area contributed by atoms with Crippen molar-refractivity contribution in [2.24, 2.45) is 0 Å². The van der Waals surface area contributed by atoms with Gasteiger partial charge in [-0.2, -0.15) is 0 Å². The Kier molecular flexibility index (Phi) is 10.7. The van der Waals surface area contributed by atoms with Gasteiger partial charge in [0.15, 0.2) is 0 Å². The van der Waals surface area contributed by atoms with Crippen molar-refractivity contribution < 1.29 is 0 Å². The fourth-order valence-corrected chi connectivity index (χ4v) is 10.0. The monoisotopic (exact) mass is 883 g/mol. The highest BCUT2D eigenvalue weighted by Gasteiger charge is 2.16. The average Bonchev–Trinajstić information content (AvgIpc) is 4.21. The van der Waals surface area contributed by atoms with Crippen LogP contribution in [-0.4, -0.2) is 13.7 Å². The molecule has 13 rings (SSSR count). The SMILES string of the molecule is C/C=C\C=C/C.c1ccc2cc3cc(-c4cccn4-c4cc(-n5cccc5-c5ccc6cc7ccccc7cc6c5)cc(-n5cccc5-c5ccc6cc7ccccc7cc6c5)c4)ccc3cc2c1. The van der Waals surface area contributed by atoms with E-state index < -0.39 is 0 Å². The molecule has 0 spiro atoms. The second-order valence-electron chi connectivity index (χ2n) is 17.8. The van der Waals surface area contributed by atoms with Crippen molar-refractivity contribution in [1.82, 2.24) is 13.7 Å². The van der Waals surface area contributed by atoms with Crippen LogP contribution >= 0.6 is 0 Å². The van der Waals surface area contributed by atoms with Crippen molar-refractivity contribution in [2.75, 3.05) is 0 Å². The first kappa shape index (κ1) is 41.5. The van der Waals surface area contributed by atoms with Crippen molar-refractivity contribution in [2.45, 2.75) is 13.8 Å². The molecule has 0 aliphatic heterocycles. The van der Waals surface area contributed by atoms with Gasteiger partial charge in [-0.1, -0.05) is 133 Å². The molecule has 0 N–H and O–H groups in total. The van der Waals surface area contributed by atoms with Crippen molar-refractivity contribution in [3.05, 3.63) is 261 Å². The van der Waals surface area contributed by atoms with Crippen molar-refractivity contribution in [3.8, 4) is 50.8 Å². The van der Waals surface area contributed by atoms with Crippen molar-refractivity contribution in [3.63, 3.8) is 0 Å². The number of benzene rings is 10. The van der Waals surface area contributed by atoms with Gasteiger partial charge in [-0.05, 0) is 204 Å². The number of rotatable bonds is 7. The summed E-state index contributed by atoms with van der Waals surface area (Å²) < 4.78 is 7.01. The minimum atomic E-state index is 1.08. The van der Waals surface area contributed by atoms with Crippen LogP contribution in [0, 0.1) is 0 Å². The largest absolute Gasteiger partial charge is 0.316 e. The van der Waals surface area contributed by atoms with Crippen LogP contribution < -0.4 is 0 Å². The van der Waals surface area contributed by atoms with Gasteiger partial charge < -0.3 is 13.7 Å². The van der Waals surface area contributed by atoms with E-state index in [1.165, 1.54) is 81.3 Å². The molecule has 0 atom stereocenters. The van der Waals surface area contributed by atoms with E-state index in [1.54, 1.807) is 0 Å². The summed E-state index contributed by atoms with van der Waals surface area (Å²) in [5, 5.41) is 14.9. The molecule has 328 valence electrons. The Morgan fingerprint density at radius 2 is 0.507 bits per heavy atom. The molecule has 3 heteroatoms. The van der Waals surface area contributed by atoms with Gasteiger partial charge in [0.1, 0.15) is 0 Å². The quantitative estimate of drug-likeness (QED) is 0.112. The van der Waals surface area contributed by atoms with Crippen LogP contribution in [-0.2, 0) is 0 Å². The predicted molar refractivity (Wildman–Crippen MR) is 295 cm³/mol. The van der Waals surface area contributed by atoms with Gasteiger partial charge in [0, 0.05) is 35.7 Å². The molecule has 0 unspecified atom stereocenters. The molecule has 0 fully saturated rings. The number of nitrogens with zero attached hydrogens (tertiary/aromatic N) is 3. The van der Waals surface area contributed by atoms with E-state index in [-0.39, 0.29) is 0 Å². The Bertz CT molecular complexity index is 3680. The van der Waals surface area contributed by atoms with Gasteiger partial charge in [-0.15, -0.1) is 0 Å². The topological polar surface area (TPSA) is 14.8 Å². The summed E-state index contributed by atoms with van der Waals surface area (Å²) in [7, 11) is 0. The number of fused-ring (bicyclic) bond motifs is 6. The van der Waals surface area contributed by atoms with Gasteiger partial charge in [0.2, 0.25) is 0 Å². The van der Waals surface area contributed by atoms with Crippen LogP contribution in [0.15, 0.2) is 261 Å². The van der Waals surface area contributed by atoms with E-state index in [4.69, 9.17) is 0 Å². The lowest BCUT2D eigenvalue weighted by molar-refractivity contribution is 1.02. The van der Waals surface area contributed by atoms with Crippen LogP contribution in [0.5, 0.6) is 0 Å². The summed E-state index contributed by atoms with van der Waals surface area (Å²) in [5.74, 6) is 0. The van der Waals surface area contributed by atoms with Gasteiger partial charge in [-0.3, -0.25) is 0 Å². The minimum absolute atomic E-state index is 1.08. The third-order valence-electron chi connectivity index (χ3n) is 13.5. The molecule has 0 amide bonds. The second-order valence-corrected chi connectivity index (χ2v) is 17.8. The molecule has 0 radical (unpaired) electrons. The van der Waals surface area contributed by atoms with Gasteiger partial charge in [0.05, 0.1) is 17.1 Å². The van der Waals surface area contributed by atoms with Crippen LogP contribution in [0.2, 0.25) is 0 Å². The predicted octanol–water partition coefficient (Wildman–Crippen LogP) is 18.1. The maximum atomic E-state index is 2.34. The average molecular weight is 884 g/mol. The van der Waals surface area contributed by atoms with Crippen molar-refractivity contribution in [1.29, 1.82) is 0 Å². The van der Waals surface area contributed by atoms with E-state index >= 15 is 0 Å². The van der Waals surface area contributed by atoms with Gasteiger partial charge in [-0.25, -0.2) is 0 Å². The first-order valence-electron chi connectivity index (χ1n) is 23.8. The number of allylic oxidation sites excluding steroid dienone is 4. The number of hydrogen-bond donors (Lipinski definition) is 0. The summed E-state index contributed by atoms with van der Waals surface area (Å²) in [6, 6.07) is 80.3. The molecule has 69 heavy (non-hydrogen) atoms. The fourth-order valence-electron chi connectivity index (χ4n) is 10.0. The molecule has 0 aliphatic carbocycles. The summed E-state index contributed by atoms with van der Waals surface area (Å²) >= 11 is 0. The Balaban J connectivity index is 0.000000774. The Labute approximate surface area is 402 Å². The highest BCUT2D eigenvalue weighted by molar-refractivity contribution is 6.02. The zero-order valence-corrected chi connectivity index (χ0v) is 38.7. The Hall–Kier alpha value is -8.92. The molecule has 0 saturated carbocycles. The highest BCUT2D eigenvalue weighted by atomic mass is 15.0. The first-order valence-corrected chi connectivity index (χ1v) is 23.8.